The molecule has 0 unspecified atom stereocenters. The number of nitrogens with zero attached hydrogens (tertiary/aromatic N) is 1. The van der Waals surface area contributed by atoms with E-state index in [0.717, 1.165) is 24.1 Å². The number of carbonyl (C=O) groups is 2. The van der Waals surface area contributed by atoms with Crippen LogP contribution in [0.5, 0.6) is 0 Å². The minimum Gasteiger partial charge on any atom is -0.320 e. The molecule has 1 fully saturated rings. The van der Waals surface area contributed by atoms with Crippen molar-refractivity contribution in [2.75, 3.05) is 10.2 Å². The molecule has 0 saturated heterocycles. The van der Waals surface area contributed by atoms with Crippen molar-refractivity contribution in [3.8, 4) is 0 Å². The fraction of sp³-hybridized carbons (Fsp3) is 0.263. The smallest absolute Gasteiger partial charge is 0.255 e. The predicted molar refractivity (Wildman–Crippen MR) is 91.8 cm³/mol. The van der Waals surface area contributed by atoms with Gasteiger partial charge in [0, 0.05) is 18.5 Å². The molecule has 1 aliphatic rings. The van der Waals surface area contributed by atoms with Gasteiger partial charge in [0.25, 0.3) is 5.91 Å². The summed E-state index contributed by atoms with van der Waals surface area (Å²) in [7, 11) is 0. The van der Waals surface area contributed by atoms with Crippen molar-refractivity contribution in [3.05, 3.63) is 59.7 Å². The lowest BCUT2D eigenvalue weighted by Gasteiger charge is -2.24. The quantitative estimate of drug-likeness (QED) is 0.935. The molecule has 0 heterocycles. The van der Waals surface area contributed by atoms with E-state index in [2.05, 4.69) is 5.32 Å². The van der Waals surface area contributed by atoms with Gasteiger partial charge in [-0.05, 0) is 44.0 Å². The van der Waals surface area contributed by atoms with Crippen LogP contribution in [0.25, 0.3) is 0 Å². The summed E-state index contributed by atoms with van der Waals surface area (Å²) in [6, 6.07) is 15.2. The van der Waals surface area contributed by atoms with Crippen LogP contribution in [0.2, 0.25) is 0 Å². The minimum atomic E-state index is -0.166. The van der Waals surface area contributed by atoms with Crippen LogP contribution in [0.15, 0.2) is 48.5 Å². The van der Waals surface area contributed by atoms with E-state index in [4.69, 9.17) is 0 Å². The van der Waals surface area contributed by atoms with Crippen LogP contribution < -0.4 is 10.2 Å². The number of nitrogens with one attached hydrogen (secondary N) is 1. The summed E-state index contributed by atoms with van der Waals surface area (Å²) in [4.78, 5) is 26.3. The Hall–Kier alpha value is -2.62. The summed E-state index contributed by atoms with van der Waals surface area (Å²) in [5.41, 5.74) is 3.08. The molecule has 0 aromatic heterocycles. The predicted octanol–water partition coefficient (Wildman–Crippen LogP) is 3.76. The fourth-order valence-electron chi connectivity index (χ4n) is 2.73. The molecule has 4 nitrogen and oxygen atoms in total. The van der Waals surface area contributed by atoms with E-state index in [1.54, 1.807) is 17.9 Å². The molecular formula is C19H20N2O2. The zero-order chi connectivity index (χ0) is 16.4. The van der Waals surface area contributed by atoms with Crippen LogP contribution in [0, 0.1) is 6.92 Å². The number of hydrogen-bond acceptors (Lipinski definition) is 2. The van der Waals surface area contributed by atoms with Gasteiger partial charge in [-0.15, -0.1) is 0 Å². The Balaban J connectivity index is 1.88. The monoisotopic (exact) mass is 308 g/mol. The third kappa shape index (κ3) is 3.42. The Morgan fingerprint density at radius 2 is 1.83 bits per heavy atom. The van der Waals surface area contributed by atoms with Crippen molar-refractivity contribution in [2.24, 2.45) is 0 Å². The number of para-hydroxylation sites is 2. The molecule has 23 heavy (non-hydrogen) atoms. The molecule has 2 aromatic carbocycles. The van der Waals surface area contributed by atoms with Gasteiger partial charge < -0.3 is 10.2 Å². The van der Waals surface area contributed by atoms with Gasteiger partial charge >= 0.3 is 0 Å². The first-order chi connectivity index (χ1) is 11.1. The lowest BCUT2D eigenvalue weighted by Crippen LogP contribution is -2.31. The molecule has 0 bridgehead atoms. The molecule has 1 saturated carbocycles. The maximum Gasteiger partial charge on any atom is 0.255 e. The summed E-state index contributed by atoms with van der Waals surface area (Å²) < 4.78 is 0. The summed E-state index contributed by atoms with van der Waals surface area (Å²) in [5.74, 6) is -0.162. The lowest BCUT2D eigenvalue weighted by molar-refractivity contribution is -0.116. The number of benzene rings is 2. The van der Waals surface area contributed by atoms with Gasteiger partial charge in [0.15, 0.2) is 0 Å². The second-order valence-electron chi connectivity index (χ2n) is 5.96. The van der Waals surface area contributed by atoms with Crippen LogP contribution in [0.4, 0.5) is 11.4 Å². The van der Waals surface area contributed by atoms with Crippen LogP contribution in [0.3, 0.4) is 0 Å². The van der Waals surface area contributed by atoms with E-state index in [-0.39, 0.29) is 17.9 Å². The molecule has 4 heteroatoms. The third-order valence-corrected chi connectivity index (χ3v) is 3.94. The first-order valence-corrected chi connectivity index (χ1v) is 7.83. The summed E-state index contributed by atoms with van der Waals surface area (Å²) in [6.45, 7) is 3.52. The first-order valence-electron chi connectivity index (χ1n) is 7.83. The number of carbonyl (C=O) groups excluding carboxylic acids is 2. The highest BCUT2D eigenvalue weighted by Crippen LogP contribution is 2.36. The van der Waals surface area contributed by atoms with E-state index in [0.29, 0.717) is 11.3 Å². The summed E-state index contributed by atoms with van der Waals surface area (Å²) in [5, 5.41) is 2.94. The number of hydrogen-bond donors (Lipinski definition) is 1. The topological polar surface area (TPSA) is 49.4 Å². The average molecular weight is 308 g/mol. The van der Waals surface area contributed by atoms with E-state index < -0.39 is 0 Å². The molecule has 0 radical (unpaired) electrons. The maximum absolute atomic E-state index is 12.5. The molecule has 0 atom stereocenters. The van der Waals surface area contributed by atoms with Crippen LogP contribution in [-0.4, -0.2) is 17.9 Å². The highest BCUT2D eigenvalue weighted by Gasteiger charge is 2.33. The third-order valence-electron chi connectivity index (χ3n) is 3.94. The standard InChI is InChI=1S/C19H20N2O2/c1-13-6-5-7-15(12-13)19(23)20-17-8-3-4-9-18(17)21(14(2)22)16-10-11-16/h3-9,12,16H,10-11H2,1-2H3,(H,20,23). The molecular weight excluding hydrogens is 288 g/mol. The molecule has 3 rings (SSSR count). The molecule has 0 spiro atoms. The number of anilines is 2. The SMILES string of the molecule is CC(=O)N(c1ccccc1NC(=O)c1cccc(C)c1)C1CC1. The van der Waals surface area contributed by atoms with E-state index in [9.17, 15) is 9.59 Å². The molecule has 1 N–H and O–H groups in total. The van der Waals surface area contributed by atoms with Gasteiger partial charge in [-0.2, -0.15) is 0 Å². The van der Waals surface area contributed by atoms with Crippen molar-refractivity contribution < 1.29 is 9.59 Å². The zero-order valence-electron chi connectivity index (χ0n) is 13.4. The van der Waals surface area contributed by atoms with Crippen molar-refractivity contribution in [2.45, 2.75) is 32.7 Å². The Labute approximate surface area is 136 Å². The summed E-state index contributed by atoms with van der Waals surface area (Å²) >= 11 is 0. The van der Waals surface area contributed by atoms with Crippen LogP contribution in [0.1, 0.15) is 35.7 Å². The molecule has 1 aliphatic carbocycles. The lowest BCUT2D eigenvalue weighted by atomic mass is 10.1. The van der Waals surface area contributed by atoms with Crippen molar-refractivity contribution in [1.82, 2.24) is 0 Å². The highest BCUT2D eigenvalue weighted by atomic mass is 16.2. The second-order valence-corrected chi connectivity index (χ2v) is 5.96. The first kappa shape index (κ1) is 15.3. The Morgan fingerprint density at radius 3 is 2.48 bits per heavy atom. The van der Waals surface area contributed by atoms with Gasteiger partial charge in [-0.1, -0.05) is 29.8 Å². The van der Waals surface area contributed by atoms with Gasteiger partial charge in [-0.3, -0.25) is 9.59 Å². The minimum absolute atomic E-state index is 0.00440. The Kier molecular flexibility index (Phi) is 4.15. The van der Waals surface area contributed by atoms with Crippen LogP contribution in [-0.2, 0) is 4.79 Å². The Morgan fingerprint density at radius 1 is 1.09 bits per heavy atom. The molecule has 0 aliphatic heterocycles. The van der Waals surface area contributed by atoms with Crippen molar-refractivity contribution in [1.29, 1.82) is 0 Å². The number of aryl methyl sites for hydroxylation is 1. The van der Waals surface area contributed by atoms with E-state index in [1.807, 2.05) is 49.4 Å². The Bertz CT molecular complexity index is 751. The largest absolute Gasteiger partial charge is 0.320 e. The number of rotatable bonds is 4. The van der Waals surface area contributed by atoms with Crippen molar-refractivity contribution in [3.63, 3.8) is 0 Å². The second kappa shape index (κ2) is 6.24. The highest BCUT2D eigenvalue weighted by molar-refractivity contribution is 6.07. The molecule has 2 amide bonds. The van der Waals surface area contributed by atoms with E-state index in [1.165, 1.54) is 0 Å². The van der Waals surface area contributed by atoms with E-state index >= 15 is 0 Å². The summed E-state index contributed by atoms with van der Waals surface area (Å²) in [6.07, 6.45) is 2.03. The molecule has 118 valence electrons. The van der Waals surface area contributed by atoms with Gasteiger partial charge in [0.1, 0.15) is 0 Å². The fourth-order valence-corrected chi connectivity index (χ4v) is 2.73. The van der Waals surface area contributed by atoms with Crippen molar-refractivity contribution >= 4 is 23.2 Å². The van der Waals surface area contributed by atoms with Gasteiger partial charge in [-0.25, -0.2) is 0 Å². The van der Waals surface area contributed by atoms with Crippen LogP contribution >= 0.6 is 0 Å². The zero-order valence-corrected chi connectivity index (χ0v) is 13.4. The normalized spacial score (nSPS) is 13.5. The molecule has 2 aromatic rings. The average Bonchev–Trinajstić information content (AvgIpc) is 3.33. The number of amides is 2. The maximum atomic E-state index is 12.5. The van der Waals surface area contributed by atoms with Gasteiger partial charge in [0.2, 0.25) is 5.91 Å². The van der Waals surface area contributed by atoms with Gasteiger partial charge in [0.05, 0.1) is 11.4 Å².